The number of ether oxygens (including phenoxy) is 2. The van der Waals surface area contributed by atoms with E-state index in [1.807, 2.05) is 30.3 Å². The minimum absolute atomic E-state index is 0.0336. The molecule has 2 N–H and O–H groups in total. The molecule has 0 aliphatic carbocycles. The summed E-state index contributed by atoms with van der Waals surface area (Å²) >= 11 is 0. The van der Waals surface area contributed by atoms with Crippen molar-refractivity contribution in [2.45, 2.75) is 64.4 Å². The van der Waals surface area contributed by atoms with Gasteiger partial charge in [0, 0.05) is 19.5 Å². The summed E-state index contributed by atoms with van der Waals surface area (Å²) in [6.45, 7) is 5.84. The van der Waals surface area contributed by atoms with Gasteiger partial charge in [-0.1, -0.05) is 30.3 Å². The van der Waals surface area contributed by atoms with Gasteiger partial charge in [-0.05, 0) is 39.2 Å². The monoisotopic (exact) mass is 406 g/mol. The molecule has 0 spiro atoms. The third-order valence-electron chi connectivity index (χ3n) is 4.39. The number of aliphatic hydroxyl groups excluding tert-OH is 1. The first-order valence-corrected chi connectivity index (χ1v) is 9.83. The molecule has 0 unspecified atom stereocenters. The minimum atomic E-state index is -1.31. The van der Waals surface area contributed by atoms with Crippen molar-refractivity contribution in [2.24, 2.45) is 0 Å². The molecule has 0 saturated carbocycles. The summed E-state index contributed by atoms with van der Waals surface area (Å²) in [6, 6.07) is 8.71. The number of hydrogen-bond donors (Lipinski definition) is 2. The number of esters is 1. The number of likely N-dealkylation sites (tertiary alicyclic amines) is 1. The van der Waals surface area contributed by atoms with Crippen LogP contribution < -0.4 is 5.32 Å². The molecule has 1 heterocycles. The van der Waals surface area contributed by atoms with Gasteiger partial charge < -0.3 is 19.9 Å². The highest BCUT2D eigenvalue weighted by Crippen LogP contribution is 2.19. The van der Waals surface area contributed by atoms with E-state index in [-0.39, 0.29) is 25.5 Å². The topological polar surface area (TPSA) is 105 Å². The van der Waals surface area contributed by atoms with Crippen LogP contribution in [0.25, 0.3) is 0 Å². The second-order valence-electron chi connectivity index (χ2n) is 8.02. The van der Waals surface area contributed by atoms with E-state index in [4.69, 9.17) is 9.47 Å². The molecule has 8 nitrogen and oxygen atoms in total. The zero-order valence-corrected chi connectivity index (χ0v) is 17.2. The molecule has 0 aromatic heterocycles. The number of nitrogens with one attached hydrogen (secondary N) is 1. The lowest BCUT2D eigenvalue weighted by atomic mass is 10.1. The third-order valence-corrected chi connectivity index (χ3v) is 4.39. The number of carbonyl (C=O) groups excluding carboxylic acids is 3. The van der Waals surface area contributed by atoms with E-state index in [1.54, 1.807) is 20.8 Å². The summed E-state index contributed by atoms with van der Waals surface area (Å²) in [5, 5.41) is 12.5. The second kappa shape index (κ2) is 10.2. The fourth-order valence-corrected chi connectivity index (χ4v) is 3.00. The summed E-state index contributed by atoms with van der Waals surface area (Å²) in [7, 11) is 0. The van der Waals surface area contributed by atoms with Gasteiger partial charge in [0.2, 0.25) is 5.91 Å². The molecular formula is C21H30N2O6. The molecule has 1 aliphatic heterocycles. The number of amides is 2. The Bertz CT molecular complexity index is 701. The number of rotatable bonds is 7. The zero-order valence-electron chi connectivity index (χ0n) is 17.2. The molecule has 2 amide bonds. The summed E-state index contributed by atoms with van der Waals surface area (Å²) in [6.07, 6.45) is -0.559. The standard InChI is InChI=1S/C21H30N2O6/c1-21(2,3)29-19(26)17(24)11-12-22-18(25)16-10-7-13-23(16)20(27)28-14-15-8-5-4-6-9-15/h4-6,8-9,16-17,24H,7,10-14H2,1-3H3,(H,22,25)/t16-,17-/m0/s1. The summed E-state index contributed by atoms with van der Waals surface area (Å²) in [4.78, 5) is 38.0. The maximum atomic E-state index is 12.5. The van der Waals surface area contributed by atoms with Gasteiger partial charge in [0.15, 0.2) is 6.10 Å². The van der Waals surface area contributed by atoms with Crippen LogP contribution in [0, 0.1) is 0 Å². The lowest BCUT2D eigenvalue weighted by Crippen LogP contribution is -2.46. The lowest BCUT2D eigenvalue weighted by molar-refractivity contribution is -0.165. The Hall–Kier alpha value is -2.61. The maximum absolute atomic E-state index is 12.5. The van der Waals surface area contributed by atoms with Crippen molar-refractivity contribution >= 4 is 18.0 Å². The molecule has 2 atom stereocenters. The summed E-state index contributed by atoms with van der Waals surface area (Å²) < 4.78 is 10.4. The molecule has 1 aliphatic rings. The highest BCUT2D eigenvalue weighted by atomic mass is 16.6. The smallest absolute Gasteiger partial charge is 0.410 e. The molecule has 160 valence electrons. The average Bonchev–Trinajstić information content (AvgIpc) is 3.15. The van der Waals surface area contributed by atoms with Gasteiger partial charge in [-0.15, -0.1) is 0 Å². The Kier molecular flexibility index (Phi) is 8.01. The Morgan fingerprint density at radius 3 is 2.59 bits per heavy atom. The predicted octanol–water partition coefficient (Wildman–Crippen LogP) is 2.00. The van der Waals surface area contributed by atoms with Crippen LogP contribution in [-0.2, 0) is 25.7 Å². The van der Waals surface area contributed by atoms with Crippen LogP contribution in [-0.4, -0.2) is 58.8 Å². The zero-order chi connectivity index (χ0) is 21.4. The Morgan fingerprint density at radius 1 is 1.24 bits per heavy atom. The normalized spacial score (nSPS) is 17.5. The van der Waals surface area contributed by atoms with Gasteiger partial charge in [0.25, 0.3) is 0 Å². The largest absolute Gasteiger partial charge is 0.458 e. The molecule has 1 aromatic rings. The molecule has 29 heavy (non-hydrogen) atoms. The van der Waals surface area contributed by atoms with E-state index in [1.165, 1.54) is 4.90 Å². The molecule has 0 radical (unpaired) electrons. The van der Waals surface area contributed by atoms with Gasteiger partial charge in [0.05, 0.1) is 0 Å². The molecule has 8 heteroatoms. The number of aliphatic hydroxyl groups is 1. The molecule has 1 saturated heterocycles. The quantitative estimate of drug-likeness (QED) is 0.671. The van der Waals surface area contributed by atoms with Crippen LogP contribution in [0.1, 0.15) is 45.6 Å². The van der Waals surface area contributed by atoms with Crippen molar-refractivity contribution in [3.63, 3.8) is 0 Å². The van der Waals surface area contributed by atoms with Crippen molar-refractivity contribution in [2.75, 3.05) is 13.1 Å². The first-order valence-electron chi connectivity index (χ1n) is 9.83. The van der Waals surface area contributed by atoms with E-state index in [0.29, 0.717) is 19.4 Å². The van der Waals surface area contributed by atoms with Crippen molar-refractivity contribution < 1.29 is 29.0 Å². The van der Waals surface area contributed by atoms with Crippen LogP contribution in [0.5, 0.6) is 0 Å². The average molecular weight is 406 g/mol. The van der Waals surface area contributed by atoms with Crippen LogP contribution in [0.3, 0.4) is 0 Å². The molecule has 1 aromatic carbocycles. The fourth-order valence-electron chi connectivity index (χ4n) is 3.00. The molecule has 1 fully saturated rings. The Morgan fingerprint density at radius 2 is 1.93 bits per heavy atom. The van der Waals surface area contributed by atoms with Crippen LogP contribution in [0.15, 0.2) is 30.3 Å². The summed E-state index contributed by atoms with van der Waals surface area (Å²) in [5.74, 6) is -1.05. The maximum Gasteiger partial charge on any atom is 0.410 e. The SMILES string of the molecule is CC(C)(C)OC(=O)[C@@H](O)CCNC(=O)[C@@H]1CCCN1C(=O)OCc1ccccc1. The number of hydrogen-bond acceptors (Lipinski definition) is 6. The number of benzene rings is 1. The number of nitrogens with zero attached hydrogens (tertiary/aromatic N) is 1. The van der Waals surface area contributed by atoms with E-state index >= 15 is 0 Å². The lowest BCUT2D eigenvalue weighted by Gasteiger charge is -2.24. The Labute approximate surface area is 171 Å². The fraction of sp³-hybridized carbons (Fsp3) is 0.571. The number of carbonyl (C=O) groups is 3. The van der Waals surface area contributed by atoms with Gasteiger partial charge in [0.1, 0.15) is 18.2 Å². The van der Waals surface area contributed by atoms with Crippen LogP contribution >= 0.6 is 0 Å². The van der Waals surface area contributed by atoms with E-state index in [9.17, 15) is 19.5 Å². The highest BCUT2D eigenvalue weighted by molar-refractivity contribution is 5.86. The molecule has 2 rings (SSSR count). The summed E-state index contributed by atoms with van der Waals surface area (Å²) in [5.41, 5.74) is 0.184. The van der Waals surface area contributed by atoms with Crippen LogP contribution in [0.2, 0.25) is 0 Å². The molecular weight excluding hydrogens is 376 g/mol. The minimum Gasteiger partial charge on any atom is -0.458 e. The van der Waals surface area contributed by atoms with Crippen LogP contribution in [0.4, 0.5) is 4.79 Å². The van der Waals surface area contributed by atoms with E-state index < -0.39 is 29.8 Å². The third kappa shape index (κ3) is 7.38. The van der Waals surface area contributed by atoms with Crippen molar-refractivity contribution in [1.82, 2.24) is 10.2 Å². The van der Waals surface area contributed by atoms with E-state index in [0.717, 1.165) is 5.56 Å². The predicted molar refractivity (Wildman–Crippen MR) is 106 cm³/mol. The van der Waals surface area contributed by atoms with Gasteiger partial charge in [-0.25, -0.2) is 9.59 Å². The van der Waals surface area contributed by atoms with Gasteiger partial charge in [-0.2, -0.15) is 0 Å². The van der Waals surface area contributed by atoms with E-state index in [2.05, 4.69) is 5.32 Å². The highest BCUT2D eigenvalue weighted by Gasteiger charge is 2.35. The van der Waals surface area contributed by atoms with Crippen molar-refractivity contribution in [1.29, 1.82) is 0 Å². The first-order chi connectivity index (χ1) is 13.7. The van der Waals surface area contributed by atoms with Crippen molar-refractivity contribution in [3.8, 4) is 0 Å². The first kappa shape index (κ1) is 22.7. The Balaban J connectivity index is 1.77. The van der Waals surface area contributed by atoms with Gasteiger partial charge in [-0.3, -0.25) is 9.69 Å². The second-order valence-corrected chi connectivity index (χ2v) is 8.02. The van der Waals surface area contributed by atoms with Gasteiger partial charge >= 0.3 is 12.1 Å². The molecule has 0 bridgehead atoms. The van der Waals surface area contributed by atoms with Crippen molar-refractivity contribution in [3.05, 3.63) is 35.9 Å².